The second kappa shape index (κ2) is 5.86. The number of ether oxygens (including phenoxy) is 1. The van der Waals surface area contributed by atoms with E-state index in [4.69, 9.17) is 4.74 Å². The van der Waals surface area contributed by atoms with E-state index < -0.39 is 0 Å². The van der Waals surface area contributed by atoms with Gasteiger partial charge in [-0.15, -0.1) is 0 Å². The molecule has 0 fully saturated rings. The van der Waals surface area contributed by atoms with Gasteiger partial charge in [-0.3, -0.25) is 9.78 Å². The van der Waals surface area contributed by atoms with Crippen molar-refractivity contribution in [3.05, 3.63) is 37.1 Å². The molecule has 2 heterocycles. The Morgan fingerprint density at radius 3 is 2.90 bits per heavy atom. The van der Waals surface area contributed by atoms with Gasteiger partial charge in [0, 0.05) is 43.0 Å². The smallest absolute Gasteiger partial charge is 0.302 e. The molecule has 20 heavy (non-hydrogen) atoms. The van der Waals surface area contributed by atoms with Crippen molar-refractivity contribution in [2.75, 3.05) is 6.61 Å². The van der Waals surface area contributed by atoms with Gasteiger partial charge in [-0.05, 0) is 12.1 Å². The van der Waals surface area contributed by atoms with Crippen LogP contribution in [0.15, 0.2) is 37.1 Å². The zero-order valence-electron chi connectivity index (χ0n) is 12.0. The molecule has 0 N–H and O–H groups in total. The van der Waals surface area contributed by atoms with Crippen molar-refractivity contribution in [1.29, 1.82) is 0 Å². The lowest BCUT2D eigenvalue weighted by atomic mass is 9.95. The molecule has 2 aromatic rings. The third-order valence-corrected chi connectivity index (χ3v) is 2.87. The van der Waals surface area contributed by atoms with E-state index in [-0.39, 0.29) is 11.4 Å². The summed E-state index contributed by atoms with van der Waals surface area (Å²) in [5.41, 5.74) is 1.74. The van der Waals surface area contributed by atoms with Crippen LogP contribution in [0.25, 0.3) is 11.3 Å². The molecule has 0 aliphatic heterocycles. The lowest BCUT2D eigenvalue weighted by molar-refractivity contribution is -0.144. The summed E-state index contributed by atoms with van der Waals surface area (Å²) in [4.78, 5) is 19.4. The van der Waals surface area contributed by atoms with Crippen LogP contribution < -0.4 is 0 Å². The van der Waals surface area contributed by atoms with E-state index in [0.29, 0.717) is 6.61 Å². The Bertz CT molecular complexity index is 576. The minimum absolute atomic E-state index is 0.140. The average Bonchev–Trinajstić information content (AvgIpc) is 2.85. The number of pyridine rings is 1. The molecule has 2 aromatic heterocycles. The number of esters is 1. The third-order valence-electron chi connectivity index (χ3n) is 2.87. The van der Waals surface area contributed by atoms with E-state index in [9.17, 15) is 4.79 Å². The molecule has 0 aliphatic carbocycles. The summed E-state index contributed by atoms with van der Waals surface area (Å²) < 4.78 is 7.09. The summed E-state index contributed by atoms with van der Waals surface area (Å²) in [5.74, 6) is -0.250. The van der Waals surface area contributed by atoms with Crippen LogP contribution in [0.4, 0.5) is 0 Å². The summed E-state index contributed by atoms with van der Waals surface area (Å²) in [6, 6.07) is 3.86. The molecule has 0 saturated heterocycles. The number of rotatable bonds is 5. The van der Waals surface area contributed by atoms with Crippen LogP contribution in [0.5, 0.6) is 0 Å². The molecule has 0 atom stereocenters. The predicted molar refractivity (Wildman–Crippen MR) is 75.9 cm³/mol. The van der Waals surface area contributed by atoms with Gasteiger partial charge < -0.3 is 9.30 Å². The van der Waals surface area contributed by atoms with Crippen LogP contribution in [0.2, 0.25) is 0 Å². The molecule has 0 aliphatic rings. The van der Waals surface area contributed by atoms with Gasteiger partial charge in [0.15, 0.2) is 0 Å². The number of carbonyl (C=O) groups excluding carboxylic acids is 1. The summed E-state index contributed by atoms with van der Waals surface area (Å²) in [6.45, 7) is 6.66. The van der Waals surface area contributed by atoms with Crippen molar-refractivity contribution in [2.24, 2.45) is 5.41 Å². The van der Waals surface area contributed by atoms with Crippen LogP contribution in [0.1, 0.15) is 20.8 Å². The van der Waals surface area contributed by atoms with Crippen LogP contribution >= 0.6 is 0 Å². The first-order valence-corrected chi connectivity index (χ1v) is 6.52. The molecule has 5 nitrogen and oxygen atoms in total. The first-order chi connectivity index (χ1) is 9.46. The molecule has 0 spiro atoms. The molecule has 0 saturated carbocycles. The largest absolute Gasteiger partial charge is 0.465 e. The standard InChI is InChI=1S/C15H19N3O2/c1-12(19)20-10-15(2,3)9-18-8-14(17-11-18)13-5-4-6-16-7-13/h4-8,11H,9-10H2,1-3H3. The Kier molecular flexibility index (Phi) is 4.17. The lowest BCUT2D eigenvalue weighted by Crippen LogP contribution is -2.26. The van der Waals surface area contributed by atoms with E-state index in [1.165, 1.54) is 6.92 Å². The van der Waals surface area contributed by atoms with Crippen molar-refractivity contribution in [1.82, 2.24) is 14.5 Å². The molecule has 0 amide bonds. The first-order valence-electron chi connectivity index (χ1n) is 6.52. The van der Waals surface area contributed by atoms with Gasteiger partial charge in [0.2, 0.25) is 0 Å². The molecule has 0 aromatic carbocycles. The predicted octanol–water partition coefficient (Wildman–Crippen LogP) is 2.53. The maximum atomic E-state index is 10.9. The highest BCUT2D eigenvalue weighted by Gasteiger charge is 2.20. The second-order valence-corrected chi connectivity index (χ2v) is 5.62. The van der Waals surface area contributed by atoms with E-state index in [2.05, 4.69) is 23.8 Å². The average molecular weight is 273 g/mol. The Morgan fingerprint density at radius 2 is 2.25 bits per heavy atom. The van der Waals surface area contributed by atoms with Crippen molar-refractivity contribution >= 4 is 5.97 Å². The van der Waals surface area contributed by atoms with Gasteiger partial charge in [0.1, 0.15) is 0 Å². The minimum atomic E-state index is -0.250. The molecule has 2 rings (SSSR count). The van der Waals surface area contributed by atoms with Gasteiger partial charge in [-0.1, -0.05) is 13.8 Å². The molecule has 0 bridgehead atoms. The Hall–Kier alpha value is -2.17. The van der Waals surface area contributed by atoms with Crippen LogP contribution in [-0.4, -0.2) is 27.1 Å². The Morgan fingerprint density at radius 1 is 1.45 bits per heavy atom. The maximum absolute atomic E-state index is 10.9. The quantitative estimate of drug-likeness (QED) is 0.785. The Labute approximate surface area is 118 Å². The van der Waals surface area contributed by atoms with Gasteiger partial charge in [-0.2, -0.15) is 0 Å². The summed E-state index contributed by atoms with van der Waals surface area (Å²) >= 11 is 0. The fourth-order valence-corrected chi connectivity index (χ4v) is 1.95. The van der Waals surface area contributed by atoms with E-state index in [0.717, 1.165) is 17.8 Å². The normalized spacial score (nSPS) is 11.3. The van der Waals surface area contributed by atoms with Crippen molar-refractivity contribution in [2.45, 2.75) is 27.3 Å². The number of aromatic nitrogens is 3. The zero-order valence-corrected chi connectivity index (χ0v) is 12.0. The molecule has 106 valence electrons. The SMILES string of the molecule is CC(=O)OCC(C)(C)Cn1cnc(-c2cccnc2)c1. The number of hydrogen-bond donors (Lipinski definition) is 0. The van der Waals surface area contributed by atoms with Gasteiger partial charge in [0.05, 0.1) is 18.6 Å². The molecular formula is C15H19N3O2. The highest BCUT2D eigenvalue weighted by atomic mass is 16.5. The number of nitrogens with zero attached hydrogens (tertiary/aromatic N) is 3. The molecule has 5 heteroatoms. The van der Waals surface area contributed by atoms with Gasteiger partial charge in [0.25, 0.3) is 0 Å². The molecule has 0 radical (unpaired) electrons. The maximum Gasteiger partial charge on any atom is 0.302 e. The van der Waals surface area contributed by atoms with Crippen LogP contribution in [0.3, 0.4) is 0 Å². The van der Waals surface area contributed by atoms with E-state index in [1.54, 1.807) is 18.7 Å². The summed E-state index contributed by atoms with van der Waals surface area (Å²) in [7, 11) is 0. The van der Waals surface area contributed by atoms with Crippen molar-refractivity contribution in [3.8, 4) is 11.3 Å². The fraction of sp³-hybridized carbons (Fsp3) is 0.400. The zero-order chi connectivity index (χ0) is 14.6. The second-order valence-electron chi connectivity index (χ2n) is 5.62. The molecule has 0 unspecified atom stereocenters. The highest BCUT2D eigenvalue weighted by molar-refractivity contribution is 5.65. The fourth-order valence-electron chi connectivity index (χ4n) is 1.95. The highest BCUT2D eigenvalue weighted by Crippen LogP contribution is 2.21. The lowest BCUT2D eigenvalue weighted by Gasteiger charge is -2.24. The topological polar surface area (TPSA) is 57.0 Å². The van der Waals surface area contributed by atoms with Crippen LogP contribution in [0, 0.1) is 5.41 Å². The Balaban J connectivity index is 2.04. The number of carbonyl (C=O) groups is 1. The monoisotopic (exact) mass is 273 g/mol. The van der Waals surface area contributed by atoms with Crippen LogP contribution in [-0.2, 0) is 16.1 Å². The van der Waals surface area contributed by atoms with Crippen molar-refractivity contribution in [3.63, 3.8) is 0 Å². The third kappa shape index (κ3) is 3.91. The van der Waals surface area contributed by atoms with Gasteiger partial charge in [-0.25, -0.2) is 4.98 Å². The number of hydrogen-bond acceptors (Lipinski definition) is 4. The molecular weight excluding hydrogens is 254 g/mol. The summed E-state index contributed by atoms with van der Waals surface area (Å²) in [6.07, 6.45) is 7.30. The van der Waals surface area contributed by atoms with E-state index in [1.807, 2.05) is 22.9 Å². The number of imidazole rings is 1. The van der Waals surface area contributed by atoms with E-state index >= 15 is 0 Å². The minimum Gasteiger partial charge on any atom is -0.465 e. The van der Waals surface area contributed by atoms with Crippen molar-refractivity contribution < 1.29 is 9.53 Å². The van der Waals surface area contributed by atoms with Gasteiger partial charge >= 0.3 is 5.97 Å². The first kappa shape index (κ1) is 14.2. The summed E-state index contributed by atoms with van der Waals surface area (Å²) in [5, 5.41) is 0.